The van der Waals surface area contributed by atoms with Gasteiger partial charge in [-0.15, -0.1) is 0 Å². The lowest BCUT2D eigenvalue weighted by molar-refractivity contribution is 0.0648. The minimum absolute atomic E-state index is 0.0428. The summed E-state index contributed by atoms with van der Waals surface area (Å²) in [5.74, 6) is -0.609. The van der Waals surface area contributed by atoms with Crippen LogP contribution < -0.4 is 10.3 Å². The molecule has 0 bridgehead atoms. The maximum Gasteiger partial charge on any atom is 0.290 e. The van der Waals surface area contributed by atoms with E-state index in [1.54, 1.807) is 12.1 Å². The Labute approximate surface area is 193 Å². The van der Waals surface area contributed by atoms with Crippen molar-refractivity contribution in [3.8, 4) is 0 Å². The molecule has 2 heterocycles. The molecule has 1 atom stereocenters. The van der Waals surface area contributed by atoms with Gasteiger partial charge in [0.25, 0.3) is 5.91 Å². The van der Waals surface area contributed by atoms with E-state index in [2.05, 4.69) is 0 Å². The van der Waals surface area contributed by atoms with E-state index in [-0.39, 0.29) is 29.2 Å². The van der Waals surface area contributed by atoms with Gasteiger partial charge in [0.2, 0.25) is 0 Å². The first-order valence-corrected chi connectivity index (χ1v) is 12.7. The Morgan fingerprint density at radius 2 is 1.73 bits per heavy atom. The maximum atomic E-state index is 13.6. The first-order chi connectivity index (χ1) is 15.5. The second-order valence-electron chi connectivity index (χ2n) is 8.96. The second-order valence-corrected chi connectivity index (χ2v) is 11.2. The summed E-state index contributed by atoms with van der Waals surface area (Å²) >= 11 is 0. The van der Waals surface area contributed by atoms with Crippen LogP contribution >= 0.6 is 0 Å². The van der Waals surface area contributed by atoms with E-state index < -0.39 is 21.8 Å². The quantitative estimate of drug-likeness (QED) is 0.571. The van der Waals surface area contributed by atoms with Gasteiger partial charge in [-0.1, -0.05) is 12.1 Å². The fourth-order valence-electron chi connectivity index (χ4n) is 4.14. The monoisotopic (exact) mass is 468 g/mol. The number of amides is 1. The zero-order valence-corrected chi connectivity index (χ0v) is 20.1. The second kappa shape index (κ2) is 8.67. The summed E-state index contributed by atoms with van der Waals surface area (Å²) in [5.41, 5.74) is 3.86. The molecule has 1 aliphatic heterocycles. The fraction of sp³-hybridized carbons (Fsp3) is 0.360. The van der Waals surface area contributed by atoms with Crippen molar-refractivity contribution < 1.29 is 17.6 Å². The third-order valence-corrected chi connectivity index (χ3v) is 8.02. The lowest BCUT2D eigenvalue weighted by Gasteiger charge is -2.28. The highest BCUT2D eigenvalue weighted by atomic mass is 32.2. The molecule has 1 amide bonds. The molecule has 0 radical (unpaired) electrons. The van der Waals surface area contributed by atoms with Gasteiger partial charge in [0, 0.05) is 38.4 Å². The normalized spacial score (nSPS) is 17.3. The number of fused-ring (bicyclic) bond motifs is 1. The molecule has 3 aromatic rings. The predicted molar refractivity (Wildman–Crippen MR) is 130 cm³/mol. The number of carbonyl (C=O) groups excluding carboxylic acids is 1. The van der Waals surface area contributed by atoms with Crippen LogP contribution in [-0.4, -0.2) is 50.9 Å². The van der Waals surface area contributed by atoms with Gasteiger partial charge in [0.05, 0.1) is 16.9 Å². The van der Waals surface area contributed by atoms with Crippen molar-refractivity contribution in [2.75, 3.05) is 30.5 Å². The van der Waals surface area contributed by atoms with E-state index in [9.17, 15) is 18.0 Å². The van der Waals surface area contributed by atoms with Crippen LogP contribution in [0.2, 0.25) is 0 Å². The van der Waals surface area contributed by atoms with E-state index in [0.717, 1.165) is 22.4 Å². The molecule has 0 unspecified atom stereocenters. The van der Waals surface area contributed by atoms with E-state index in [1.807, 2.05) is 57.1 Å². The molecule has 0 spiro atoms. The van der Waals surface area contributed by atoms with Gasteiger partial charge < -0.3 is 14.2 Å². The Bertz CT molecular complexity index is 1370. The molecule has 33 heavy (non-hydrogen) atoms. The standard InChI is InChI=1S/C25H28N2O5S/c1-16-11-21-22(28)13-24(32-23(21)12-17(16)2)25(29)27(20-9-10-33(30,31)15-20)14-18-5-7-19(8-6-18)26(3)4/h5-8,11-13,20H,9-10,14-15H2,1-4H3/t20-/m0/s1. The summed E-state index contributed by atoms with van der Waals surface area (Å²) in [6.07, 6.45) is 0.361. The van der Waals surface area contributed by atoms with Crippen molar-refractivity contribution in [1.29, 1.82) is 0 Å². The molecule has 1 aromatic heterocycles. The van der Waals surface area contributed by atoms with Crippen molar-refractivity contribution in [2.45, 2.75) is 32.9 Å². The molecule has 7 nitrogen and oxygen atoms in total. The lowest BCUT2D eigenvalue weighted by Crippen LogP contribution is -2.40. The minimum Gasteiger partial charge on any atom is -0.451 e. The Morgan fingerprint density at radius 1 is 1.06 bits per heavy atom. The summed E-state index contributed by atoms with van der Waals surface area (Å²) < 4.78 is 30.2. The van der Waals surface area contributed by atoms with Crippen LogP contribution in [0.4, 0.5) is 5.69 Å². The van der Waals surface area contributed by atoms with Gasteiger partial charge in [-0.05, 0) is 61.2 Å². The molecule has 0 N–H and O–H groups in total. The number of aryl methyl sites for hydroxylation is 2. The molecule has 1 fully saturated rings. The minimum atomic E-state index is -3.21. The Morgan fingerprint density at radius 3 is 2.33 bits per heavy atom. The number of rotatable bonds is 5. The van der Waals surface area contributed by atoms with E-state index in [0.29, 0.717) is 17.4 Å². The number of anilines is 1. The highest BCUT2D eigenvalue weighted by Gasteiger charge is 2.36. The Balaban J connectivity index is 1.72. The highest BCUT2D eigenvalue weighted by molar-refractivity contribution is 7.91. The van der Waals surface area contributed by atoms with Gasteiger partial charge in [-0.3, -0.25) is 9.59 Å². The number of benzene rings is 2. The first kappa shape index (κ1) is 23.0. The number of hydrogen-bond donors (Lipinski definition) is 0. The predicted octanol–water partition coefficient (Wildman–Crippen LogP) is 3.31. The van der Waals surface area contributed by atoms with Crippen LogP contribution in [-0.2, 0) is 16.4 Å². The zero-order chi connectivity index (χ0) is 23.9. The third-order valence-electron chi connectivity index (χ3n) is 6.27. The van der Waals surface area contributed by atoms with Crippen LogP contribution in [0.3, 0.4) is 0 Å². The fourth-order valence-corrected chi connectivity index (χ4v) is 5.87. The van der Waals surface area contributed by atoms with Crippen LogP contribution in [0.25, 0.3) is 11.0 Å². The van der Waals surface area contributed by atoms with Crippen molar-refractivity contribution in [1.82, 2.24) is 4.90 Å². The Hall–Kier alpha value is -3.13. The number of nitrogens with zero attached hydrogens (tertiary/aromatic N) is 2. The summed E-state index contributed by atoms with van der Waals surface area (Å²) in [6.45, 7) is 4.05. The summed E-state index contributed by atoms with van der Waals surface area (Å²) in [5, 5.41) is 0.420. The summed E-state index contributed by atoms with van der Waals surface area (Å²) in [4.78, 5) is 29.8. The lowest BCUT2D eigenvalue weighted by atomic mass is 10.1. The number of sulfone groups is 1. The molecule has 1 aliphatic rings. The smallest absolute Gasteiger partial charge is 0.290 e. The molecule has 0 saturated carbocycles. The summed E-state index contributed by atoms with van der Waals surface area (Å²) in [6, 6.07) is 12.0. The molecule has 2 aromatic carbocycles. The molecule has 174 valence electrons. The van der Waals surface area contributed by atoms with Gasteiger partial charge in [0.15, 0.2) is 21.0 Å². The molecule has 4 rings (SSSR count). The first-order valence-electron chi connectivity index (χ1n) is 10.9. The largest absolute Gasteiger partial charge is 0.451 e. The highest BCUT2D eigenvalue weighted by Crippen LogP contribution is 2.25. The van der Waals surface area contributed by atoms with Crippen molar-refractivity contribution in [2.24, 2.45) is 0 Å². The number of hydrogen-bond acceptors (Lipinski definition) is 6. The van der Waals surface area contributed by atoms with Crippen LogP contribution in [0.1, 0.15) is 33.7 Å². The van der Waals surface area contributed by atoms with Crippen molar-refractivity contribution in [3.63, 3.8) is 0 Å². The maximum absolute atomic E-state index is 13.6. The Kier molecular flexibility index (Phi) is 6.05. The van der Waals surface area contributed by atoms with Gasteiger partial charge in [-0.25, -0.2) is 8.42 Å². The average molecular weight is 469 g/mol. The van der Waals surface area contributed by atoms with Crippen LogP contribution in [0.5, 0.6) is 0 Å². The van der Waals surface area contributed by atoms with Gasteiger partial charge >= 0.3 is 0 Å². The average Bonchev–Trinajstić information content (AvgIpc) is 3.12. The van der Waals surface area contributed by atoms with E-state index in [4.69, 9.17) is 4.42 Å². The van der Waals surface area contributed by atoms with E-state index >= 15 is 0 Å². The topological polar surface area (TPSA) is 87.9 Å². The van der Waals surface area contributed by atoms with Crippen molar-refractivity contribution >= 4 is 32.4 Å². The summed E-state index contributed by atoms with van der Waals surface area (Å²) in [7, 11) is 0.675. The molecular weight excluding hydrogens is 440 g/mol. The van der Waals surface area contributed by atoms with Gasteiger partial charge in [-0.2, -0.15) is 0 Å². The SMILES string of the molecule is Cc1cc2oc(C(=O)N(Cc3ccc(N(C)C)cc3)[C@H]3CCS(=O)(=O)C3)cc(=O)c2cc1C. The van der Waals surface area contributed by atoms with Crippen LogP contribution in [0.15, 0.2) is 51.7 Å². The molecule has 8 heteroatoms. The zero-order valence-electron chi connectivity index (χ0n) is 19.3. The van der Waals surface area contributed by atoms with Crippen molar-refractivity contribution in [3.05, 3.63) is 75.1 Å². The van der Waals surface area contributed by atoms with E-state index in [1.165, 1.54) is 11.0 Å². The van der Waals surface area contributed by atoms with Gasteiger partial charge in [0.1, 0.15) is 5.58 Å². The van der Waals surface area contributed by atoms with Crippen LogP contribution in [0, 0.1) is 13.8 Å². The third kappa shape index (κ3) is 4.80. The molecule has 0 aliphatic carbocycles. The molecule has 1 saturated heterocycles. The number of carbonyl (C=O) groups is 1. The molecular formula is C25H28N2O5S.